The molecule has 0 atom stereocenters. The van der Waals surface area contributed by atoms with E-state index in [9.17, 15) is 4.79 Å². The molecule has 0 aromatic heterocycles. The summed E-state index contributed by atoms with van der Waals surface area (Å²) in [7, 11) is 0. The minimum atomic E-state index is -0.0243. The molecule has 0 bridgehead atoms. The van der Waals surface area contributed by atoms with E-state index < -0.39 is 0 Å². The van der Waals surface area contributed by atoms with Crippen LogP contribution in [0, 0.1) is 0 Å². The van der Waals surface area contributed by atoms with Gasteiger partial charge in [-0.1, -0.05) is 17.7 Å². The molecule has 2 nitrogen and oxygen atoms in total. The van der Waals surface area contributed by atoms with Crippen molar-refractivity contribution >= 4 is 33.4 Å². The first-order valence-corrected chi connectivity index (χ1v) is 6.41. The van der Waals surface area contributed by atoms with Gasteiger partial charge in [-0.05, 0) is 48.8 Å². The molecule has 0 aliphatic heterocycles. The van der Waals surface area contributed by atoms with E-state index in [0.29, 0.717) is 17.1 Å². The minimum Gasteiger partial charge on any atom is -0.336 e. The Kier molecular flexibility index (Phi) is 4.81. The Morgan fingerprint density at radius 3 is 2.62 bits per heavy atom. The van der Waals surface area contributed by atoms with Crippen LogP contribution in [0.25, 0.3) is 0 Å². The Morgan fingerprint density at radius 2 is 2.12 bits per heavy atom. The third-order valence-corrected chi connectivity index (χ3v) is 3.70. The third-order valence-electron chi connectivity index (χ3n) is 2.41. The zero-order valence-corrected chi connectivity index (χ0v) is 12.0. The Hall–Kier alpha value is -0.540. The Bertz CT molecular complexity index is 393. The third kappa shape index (κ3) is 2.77. The average molecular weight is 305 g/mol. The van der Waals surface area contributed by atoms with Crippen molar-refractivity contribution < 1.29 is 4.79 Å². The highest BCUT2D eigenvalue weighted by Crippen LogP contribution is 2.27. The van der Waals surface area contributed by atoms with Crippen molar-refractivity contribution in [3.05, 3.63) is 33.3 Å². The molecule has 0 heterocycles. The number of amides is 1. The highest BCUT2D eigenvalue weighted by molar-refractivity contribution is 9.10. The largest absolute Gasteiger partial charge is 0.336 e. The fourth-order valence-corrected chi connectivity index (χ4v) is 2.14. The van der Waals surface area contributed by atoms with Crippen molar-refractivity contribution in [2.24, 2.45) is 0 Å². The van der Waals surface area contributed by atoms with Crippen molar-refractivity contribution in [2.45, 2.75) is 26.8 Å². The van der Waals surface area contributed by atoms with E-state index in [-0.39, 0.29) is 11.9 Å². The second kappa shape index (κ2) is 5.69. The molecule has 0 spiro atoms. The monoisotopic (exact) mass is 303 g/mol. The SMILES string of the molecule is CCN(C(=O)c1cccc(Br)c1Cl)C(C)C. The van der Waals surface area contributed by atoms with Crippen LogP contribution in [0.4, 0.5) is 0 Å². The van der Waals surface area contributed by atoms with Gasteiger partial charge in [0.25, 0.3) is 5.91 Å². The van der Waals surface area contributed by atoms with Crippen molar-refractivity contribution in [3.8, 4) is 0 Å². The molecule has 0 fully saturated rings. The molecule has 0 radical (unpaired) electrons. The first-order valence-electron chi connectivity index (χ1n) is 5.24. The van der Waals surface area contributed by atoms with Gasteiger partial charge >= 0.3 is 0 Å². The summed E-state index contributed by atoms with van der Waals surface area (Å²) in [4.78, 5) is 14.0. The second-order valence-electron chi connectivity index (χ2n) is 3.79. The summed E-state index contributed by atoms with van der Waals surface area (Å²) in [5, 5.41) is 0.478. The van der Waals surface area contributed by atoms with Gasteiger partial charge in [0.05, 0.1) is 10.6 Å². The predicted octanol–water partition coefficient (Wildman–Crippen LogP) is 3.97. The molecular weight excluding hydrogens is 289 g/mol. The minimum absolute atomic E-state index is 0.0243. The number of carbonyl (C=O) groups excluding carboxylic acids is 1. The maximum Gasteiger partial charge on any atom is 0.255 e. The topological polar surface area (TPSA) is 20.3 Å². The molecule has 0 aliphatic rings. The van der Waals surface area contributed by atoms with Gasteiger partial charge in [0.1, 0.15) is 0 Å². The average Bonchev–Trinajstić information content (AvgIpc) is 2.22. The molecule has 1 aromatic rings. The molecule has 1 amide bonds. The van der Waals surface area contributed by atoms with Gasteiger partial charge < -0.3 is 4.90 Å². The quantitative estimate of drug-likeness (QED) is 0.827. The van der Waals surface area contributed by atoms with Gasteiger partial charge in [-0.3, -0.25) is 4.79 Å². The van der Waals surface area contributed by atoms with Gasteiger partial charge in [0.15, 0.2) is 0 Å². The van der Waals surface area contributed by atoms with Crippen molar-refractivity contribution in [1.29, 1.82) is 0 Å². The van der Waals surface area contributed by atoms with Gasteiger partial charge in [-0.25, -0.2) is 0 Å². The molecule has 0 N–H and O–H groups in total. The molecule has 16 heavy (non-hydrogen) atoms. The van der Waals surface area contributed by atoms with Gasteiger partial charge in [-0.15, -0.1) is 0 Å². The van der Waals surface area contributed by atoms with Crippen LogP contribution >= 0.6 is 27.5 Å². The van der Waals surface area contributed by atoms with Crippen LogP contribution in [0.2, 0.25) is 5.02 Å². The van der Waals surface area contributed by atoms with E-state index in [1.807, 2.05) is 32.9 Å². The molecule has 1 aromatic carbocycles. The van der Waals surface area contributed by atoms with Gasteiger partial charge in [-0.2, -0.15) is 0 Å². The first-order chi connectivity index (χ1) is 7.49. The fourth-order valence-electron chi connectivity index (χ4n) is 1.57. The highest BCUT2D eigenvalue weighted by Gasteiger charge is 2.20. The van der Waals surface area contributed by atoms with Crippen LogP contribution in [0.5, 0.6) is 0 Å². The summed E-state index contributed by atoms with van der Waals surface area (Å²) in [6, 6.07) is 5.57. The van der Waals surface area contributed by atoms with Crippen molar-refractivity contribution in [3.63, 3.8) is 0 Å². The normalized spacial score (nSPS) is 10.6. The van der Waals surface area contributed by atoms with E-state index in [1.165, 1.54) is 0 Å². The molecular formula is C12H15BrClNO. The van der Waals surface area contributed by atoms with Crippen LogP contribution in [0.1, 0.15) is 31.1 Å². The lowest BCUT2D eigenvalue weighted by Crippen LogP contribution is -2.36. The standard InChI is InChI=1S/C12H15BrClNO/c1-4-15(8(2)3)12(16)9-6-5-7-10(13)11(9)14/h5-8H,4H2,1-3H3. The Balaban J connectivity index is 3.09. The summed E-state index contributed by atoms with van der Waals surface area (Å²) in [5.74, 6) is -0.0243. The maximum absolute atomic E-state index is 12.2. The number of hydrogen-bond donors (Lipinski definition) is 0. The molecule has 1 rings (SSSR count). The molecule has 88 valence electrons. The smallest absolute Gasteiger partial charge is 0.255 e. The highest BCUT2D eigenvalue weighted by atomic mass is 79.9. The maximum atomic E-state index is 12.2. The van der Waals surface area contributed by atoms with E-state index >= 15 is 0 Å². The number of nitrogens with zero attached hydrogens (tertiary/aromatic N) is 1. The van der Waals surface area contributed by atoms with Gasteiger partial charge in [0.2, 0.25) is 0 Å². The molecule has 0 unspecified atom stereocenters. The number of rotatable bonds is 3. The van der Waals surface area contributed by atoms with E-state index in [4.69, 9.17) is 11.6 Å². The number of hydrogen-bond acceptors (Lipinski definition) is 1. The number of halogens is 2. The zero-order valence-electron chi connectivity index (χ0n) is 9.63. The molecule has 0 saturated carbocycles. The second-order valence-corrected chi connectivity index (χ2v) is 5.02. The van der Waals surface area contributed by atoms with Gasteiger partial charge in [0, 0.05) is 17.1 Å². The number of benzene rings is 1. The van der Waals surface area contributed by atoms with Crippen LogP contribution < -0.4 is 0 Å². The summed E-state index contributed by atoms with van der Waals surface area (Å²) >= 11 is 9.42. The van der Waals surface area contributed by atoms with E-state index in [2.05, 4.69) is 15.9 Å². The zero-order chi connectivity index (χ0) is 12.3. The van der Waals surface area contributed by atoms with Crippen molar-refractivity contribution in [1.82, 2.24) is 4.90 Å². The Morgan fingerprint density at radius 1 is 1.50 bits per heavy atom. The summed E-state index contributed by atoms with van der Waals surface area (Å²) in [6.45, 7) is 6.63. The van der Waals surface area contributed by atoms with Crippen LogP contribution in [0.3, 0.4) is 0 Å². The van der Waals surface area contributed by atoms with Crippen LogP contribution in [-0.2, 0) is 0 Å². The van der Waals surface area contributed by atoms with Crippen molar-refractivity contribution in [2.75, 3.05) is 6.54 Å². The lowest BCUT2D eigenvalue weighted by Gasteiger charge is -2.25. The number of carbonyl (C=O) groups is 1. The molecule has 4 heteroatoms. The lowest BCUT2D eigenvalue weighted by molar-refractivity contribution is 0.0717. The predicted molar refractivity (Wildman–Crippen MR) is 71.0 cm³/mol. The first kappa shape index (κ1) is 13.5. The molecule has 0 aliphatic carbocycles. The van der Waals surface area contributed by atoms with Crippen LogP contribution in [0.15, 0.2) is 22.7 Å². The lowest BCUT2D eigenvalue weighted by atomic mass is 10.1. The summed E-state index contributed by atoms with van der Waals surface area (Å²) < 4.78 is 0.750. The Labute approximate surface area is 110 Å². The fraction of sp³-hybridized carbons (Fsp3) is 0.417. The summed E-state index contributed by atoms with van der Waals surface area (Å²) in [6.07, 6.45) is 0. The van der Waals surface area contributed by atoms with E-state index in [1.54, 1.807) is 11.0 Å². The van der Waals surface area contributed by atoms with Crippen LogP contribution in [-0.4, -0.2) is 23.4 Å². The van der Waals surface area contributed by atoms with E-state index in [0.717, 1.165) is 4.47 Å². The molecule has 0 saturated heterocycles. The summed E-state index contributed by atoms with van der Waals surface area (Å²) in [5.41, 5.74) is 0.548.